The van der Waals surface area contributed by atoms with Crippen LogP contribution in [-0.2, 0) is 4.74 Å². The van der Waals surface area contributed by atoms with Gasteiger partial charge in [0.15, 0.2) is 0 Å². The molecule has 0 saturated carbocycles. The Morgan fingerprint density at radius 2 is 1.95 bits per heavy atom. The molecule has 1 aliphatic rings. The maximum absolute atomic E-state index is 6.26. The fraction of sp³-hybridized carbons (Fsp3) is 0.625. The van der Waals surface area contributed by atoms with Crippen LogP contribution in [0.5, 0.6) is 5.75 Å². The second-order valence-electron chi connectivity index (χ2n) is 5.79. The number of hydrogen-bond acceptors (Lipinski definition) is 4. The third kappa shape index (κ3) is 3.51. The molecule has 1 aromatic rings. The number of nitrogens with zero attached hydrogens (tertiary/aromatic N) is 1. The molecular weight excluding hydrogens is 252 g/mol. The first-order valence-electron chi connectivity index (χ1n) is 7.30. The molecule has 1 aromatic carbocycles. The molecule has 4 heteroatoms. The Bertz CT molecular complexity index is 426. The van der Waals surface area contributed by atoms with Gasteiger partial charge < -0.3 is 15.2 Å². The highest BCUT2D eigenvalue weighted by Crippen LogP contribution is 2.29. The summed E-state index contributed by atoms with van der Waals surface area (Å²) in [5.74, 6) is 0.877. The summed E-state index contributed by atoms with van der Waals surface area (Å²) in [7, 11) is 1.69. The monoisotopic (exact) mass is 278 g/mol. The van der Waals surface area contributed by atoms with Gasteiger partial charge in [-0.1, -0.05) is 12.1 Å². The highest BCUT2D eigenvalue weighted by Gasteiger charge is 2.31. The van der Waals surface area contributed by atoms with E-state index in [1.807, 2.05) is 12.1 Å². The van der Waals surface area contributed by atoms with E-state index >= 15 is 0 Å². The topological polar surface area (TPSA) is 47.7 Å². The van der Waals surface area contributed by atoms with E-state index in [1.165, 1.54) is 5.56 Å². The lowest BCUT2D eigenvalue weighted by atomic mass is 9.97. The molecular formula is C16H26N2O2. The van der Waals surface area contributed by atoms with Gasteiger partial charge in [-0.15, -0.1) is 0 Å². The molecule has 1 aliphatic heterocycles. The zero-order valence-electron chi connectivity index (χ0n) is 12.9. The number of benzene rings is 1. The van der Waals surface area contributed by atoms with Gasteiger partial charge in [-0.2, -0.15) is 0 Å². The van der Waals surface area contributed by atoms with Crippen LogP contribution >= 0.6 is 0 Å². The minimum absolute atomic E-state index is 0.0552. The van der Waals surface area contributed by atoms with Crippen molar-refractivity contribution in [2.75, 3.05) is 20.2 Å². The van der Waals surface area contributed by atoms with Crippen LogP contribution in [0.3, 0.4) is 0 Å². The van der Waals surface area contributed by atoms with Gasteiger partial charge in [0.05, 0.1) is 19.3 Å². The van der Waals surface area contributed by atoms with Gasteiger partial charge >= 0.3 is 0 Å². The van der Waals surface area contributed by atoms with E-state index < -0.39 is 0 Å². The molecule has 2 rings (SSSR count). The number of rotatable bonds is 4. The predicted molar refractivity (Wildman–Crippen MR) is 81.0 cm³/mol. The third-order valence-corrected chi connectivity index (χ3v) is 3.77. The summed E-state index contributed by atoms with van der Waals surface area (Å²) in [6.07, 6.45) is 0.483. The van der Waals surface area contributed by atoms with Crippen molar-refractivity contribution in [3.8, 4) is 5.75 Å². The maximum Gasteiger partial charge on any atom is 0.119 e. The molecule has 4 nitrogen and oxygen atoms in total. The van der Waals surface area contributed by atoms with Crippen LogP contribution in [0.15, 0.2) is 24.3 Å². The Kier molecular flexibility index (Phi) is 5.02. The van der Waals surface area contributed by atoms with Crippen LogP contribution < -0.4 is 10.5 Å². The van der Waals surface area contributed by atoms with E-state index in [4.69, 9.17) is 15.2 Å². The highest BCUT2D eigenvalue weighted by molar-refractivity contribution is 5.31. The molecule has 2 N–H and O–H groups in total. The standard InChI is InChI=1S/C16H26N2O2/c1-11-9-18(10-12(2)20-11)16(13(3)17)14-6-5-7-15(8-14)19-4/h5-8,11-13,16H,9-10,17H2,1-4H3. The SMILES string of the molecule is COc1cccc(C(C(C)N)N2CC(C)OC(C)C2)c1. The fourth-order valence-electron chi connectivity index (χ4n) is 3.12. The molecule has 20 heavy (non-hydrogen) atoms. The van der Waals surface area contributed by atoms with Crippen molar-refractivity contribution in [2.24, 2.45) is 5.73 Å². The zero-order chi connectivity index (χ0) is 14.7. The second kappa shape index (κ2) is 6.57. The Hall–Kier alpha value is -1.10. The molecule has 0 bridgehead atoms. The lowest BCUT2D eigenvalue weighted by Crippen LogP contribution is -2.50. The summed E-state index contributed by atoms with van der Waals surface area (Å²) in [4.78, 5) is 2.43. The second-order valence-corrected chi connectivity index (χ2v) is 5.79. The van der Waals surface area contributed by atoms with Crippen LogP contribution in [0.2, 0.25) is 0 Å². The first-order chi connectivity index (χ1) is 9.51. The van der Waals surface area contributed by atoms with Gasteiger partial charge in [-0.25, -0.2) is 0 Å². The molecule has 0 aliphatic carbocycles. The maximum atomic E-state index is 6.26. The molecule has 0 spiro atoms. The number of methoxy groups -OCH3 is 1. The van der Waals surface area contributed by atoms with Crippen molar-refractivity contribution in [2.45, 2.75) is 45.1 Å². The van der Waals surface area contributed by atoms with Crippen LogP contribution in [0, 0.1) is 0 Å². The molecule has 4 unspecified atom stereocenters. The fourth-order valence-corrected chi connectivity index (χ4v) is 3.12. The Morgan fingerprint density at radius 1 is 1.30 bits per heavy atom. The van der Waals surface area contributed by atoms with Crippen molar-refractivity contribution in [3.05, 3.63) is 29.8 Å². The number of morpholine rings is 1. The van der Waals surface area contributed by atoms with E-state index in [1.54, 1.807) is 7.11 Å². The van der Waals surface area contributed by atoms with E-state index in [-0.39, 0.29) is 24.3 Å². The normalized spacial score (nSPS) is 27.1. The Labute approximate surface area is 121 Å². The first-order valence-corrected chi connectivity index (χ1v) is 7.30. The molecule has 112 valence electrons. The van der Waals surface area contributed by atoms with Gasteiger partial charge in [0.25, 0.3) is 0 Å². The molecule has 1 fully saturated rings. The van der Waals surface area contributed by atoms with Crippen molar-refractivity contribution in [3.63, 3.8) is 0 Å². The minimum atomic E-state index is 0.0552. The van der Waals surface area contributed by atoms with Crippen LogP contribution in [-0.4, -0.2) is 43.3 Å². The Balaban J connectivity index is 2.25. The van der Waals surface area contributed by atoms with Gasteiger partial charge in [-0.05, 0) is 38.5 Å². The van der Waals surface area contributed by atoms with Gasteiger partial charge in [-0.3, -0.25) is 4.90 Å². The van der Waals surface area contributed by atoms with Gasteiger partial charge in [0.2, 0.25) is 0 Å². The average molecular weight is 278 g/mol. The lowest BCUT2D eigenvalue weighted by Gasteiger charge is -2.42. The van der Waals surface area contributed by atoms with E-state index in [2.05, 4.69) is 37.8 Å². The third-order valence-electron chi connectivity index (χ3n) is 3.77. The summed E-state index contributed by atoms with van der Waals surface area (Å²) >= 11 is 0. The Morgan fingerprint density at radius 3 is 2.50 bits per heavy atom. The van der Waals surface area contributed by atoms with E-state index in [0.717, 1.165) is 18.8 Å². The van der Waals surface area contributed by atoms with Crippen molar-refractivity contribution >= 4 is 0 Å². The largest absolute Gasteiger partial charge is 0.497 e. The summed E-state index contributed by atoms with van der Waals surface area (Å²) in [5.41, 5.74) is 7.47. The molecule has 0 amide bonds. The smallest absolute Gasteiger partial charge is 0.119 e. The van der Waals surface area contributed by atoms with Gasteiger partial charge in [0.1, 0.15) is 5.75 Å². The minimum Gasteiger partial charge on any atom is -0.497 e. The van der Waals surface area contributed by atoms with Gasteiger partial charge in [0, 0.05) is 25.2 Å². The number of hydrogen-bond donors (Lipinski definition) is 1. The summed E-state index contributed by atoms with van der Waals surface area (Å²) in [5, 5.41) is 0. The van der Waals surface area contributed by atoms with Crippen molar-refractivity contribution in [1.29, 1.82) is 0 Å². The molecule has 1 saturated heterocycles. The van der Waals surface area contributed by atoms with Crippen LogP contribution in [0.25, 0.3) is 0 Å². The molecule has 0 radical (unpaired) electrons. The highest BCUT2D eigenvalue weighted by atomic mass is 16.5. The summed E-state index contributed by atoms with van der Waals surface area (Å²) in [6.45, 7) is 8.12. The quantitative estimate of drug-likeness (QED) is 0.917. The van der Waals surface area contributed by atoms with Crippen LogP contribution in [0.1, 0.15) is 32.4 Å². The van der Waals surface area contributed by atoms with E-state index in [9.17, 15) is 0 Å². The predicted octanol–water partition coefficient (Wildman–Crippen LogP) is 2.19. The van der Waals surface area contributed by atoms with E-state index in [0.29, 0.717) is 0 Å². The number of ether oxygens (including phenoxy) is 2. The summed E-state index contributed by atoms with van der Waals surface area (Å²) in [6, 6.07) is 8.45. The lowest BCUT2D eigenvalue weighted by molar-refractivity contribution is -0.0831. The molecule has 4 atom stereocenters. The first kappa shape index (κ1) is 15.3. The van der Waals surface area contributed by atoms with Crippen molar-refractivity contribution in [1.82, 2.24) is 4.90 Å². The summed E-state index contributed by atoms with van der Waals surface area (Å²) < 4.78 is 11.2. The average Bonchev–Trinajstić information content (AvgIpc) is 2.37. The number of nitrogens with two attached hydrogens (primary N) is 1. The van der Waals surface area contributed by atoms with Crippen molar-refractivity contribution < 1.29 is 9.47 Å². The molecule has 0 aromatic heterocycles. The zero-order valence-corrected chi connectivity index (χ0v) is 12.9. The van der Waals surface area contributed by atoms with Crippen LogP contribution in [0.4, 0.5) is 0 Å². The molecule has 1 heterocycles.